The zero-order valence-electron chi connectivity index (χ0n) is 18.4. The smallest absolute Gasteiger partial charge is 0.0541 e. The Kier molecular flexibility index (Phi) is 5.34. The van der Waals surface area contributed by atoms with Gasteiger partial charge in [0.1, 0.15) is 0 Å². The minimum Gasteiger partial charge on any atom is -0.354 e. The van der Waals surface area contributed by atoms with Crippen LogP contribution in [0.4, 0.5) is 0 Å². The topological polar surface area (TPSA) is 15.8 Å². The van der Waals surface area contributed by atoms with Gasteiger partial charge in [-0.05, 0) is 46.7 Å². The zero-order chi connectivity index (χ0) is 21.2. The van der Waals surface area contributed by atoms with Gasteiger partial charge in [-0.25, -0.2) is 0 Å². The van der Waals surface area contributed by atoms with E-state index in [2.05, 4.69) is 104 Å². The summed E-state index contributed by atoms with van der Waals surface area (Å²) in [4.78, 5) is 3.82. The molecule has 0 spiro atoms. The van der Waals surface area contributed by atoms with E-state index in [1.54, 1.807) is 0 Å². The van der Waals surface area contributed by atoms with E-state index in [0.717, 1.165) is 25.7 Å². The van der Waals surface area contributed by atoms with E-state index < -0.39 is 0 Å². The SMILES string of the molecule is CCCc1c(CCC)c(-c2ccccc2)c2c3ccccc3[nH]c(-c3ccccc3)c1-2. The largest absolute Gasteiger partial charge is 0.354 e. The molecule has 0 saturated heterocycles. The highest BCUT2D eigenvalue weighted by Gasteiger charge is 2.28. The van der Waals surface area contributed by atoms with Crippen LogP contribution in [0.1, 0.15) is 37.8 Å². The Morgan fingerprint density at radius 3 is 1.74 bits per heavy atom. The summed E-state index contributed by atoms with van der Waals surface area (Å²) in [6.45, 7) is 4.59. The third-order valence-corrected chi connectivity index (χ3v) is 6.30. The Labute approximate surface area is 185 Å². The van der Waals surface area contributed by atoms with Crippen molar-refractivity contribution in [3.63, 3.8) is 0 Å². The van der Waals surface area contributed by atoms with Gasteiger partial charge in [-0.1, -0.05) is 106 Å². The first-order chi connectivity index (χ1) is 15.3. The van der Waals surface area contributed by atoms with E-state index in [0.29, 0.717) is 0 Å². The molecule has 1 N–H and O–H groups in total. The molecule has 1 heterocycles. The zero-order valence-corrected chi connectivity index (χ0v) is 18.4. The molecular weight excluding hydrogens is 374 g/mol. The number of aromatic nitrogens is 1. The molecule has 1 aliphatic carbocycles. The fourth-order valence-electron chi connectivity index (χ4n) is 5.08. The van der Waals surface area contributed by atoms with Gasteiger partial charge in [-0.2, -0.15) is 0 Å². The standard InChI is InChI=1S/C30H29N/c1-3-13-23-24(14-4-2)29-28(27(23)21-15-7-5-8-16-21)25-19-11-12-20-26(25)31-30(29)22-17-9-6-10-18-22/h5-12,15-20,31H,3-4,13-14H2,1-2H3. The predicted molar refractivity (Wildman–Crippen MR) is 134 cm³/mol. The average Bonchev–Trinajstić information content (AvgIpc) is 3.14. The molecule has 1 aliphatic heterocycles. The van der Waals surface area contributed by atoms with Gasteiger partial charge >= 0.3 is 0 Å². The number of benzene rings is 3. The summed E-state index contributed by atoms with van der Waals surface area (Å²) in [6, 6.07) is 30.6. The lowest BCUT2D eigenvalue weighted by Crippen LogP contribution is -1.96. The molecule has 0 radical (unpaired) electrons. The second-order valence-electron chi connectivity index (χ2n) is 8.36. The molecule has 0 atom stereocenters. The van der Waals surface area contributed by atoms with Crippen molar-refractivity contribution >= 4 is 10.9 Å². The summed E-state index contributed by atoms with van der Waals surface area (Å²) in [5.74, 6) is 0. The van der Waals surface area contributed by atoms with Gasteiger partial charge in [0.05, 0.1) is 5.69 Å². The number of hydrogen-bond donors (Lipinski definition) is 1. The molecule has 1 nitrogen and oxygen atoms in total. The lowest BCUT2D eigenvalue weighted by molar-refractivity contribution is 0.871. The van der Waals surface area contributed by atoms with Crippen LogP contribution in [0.15, 0.2) is 84.9 Å². The Morgan fingerprint density at radius 2 is 1.10 bits per heavy atom. The van der Waals surface area contributed by atoms with Gasteiger partial charge in [0, 0.05) is 22.0 Å². The first-order valence-electron chi connectivity index (χ1n) is 11.5. The van der Waals surface area contributed by atoms with E-state index in [1.165, 1.54) is 55.5 Å². The third-order valence-electron chi connectivity index (χ3n) is 6.30. The highest BCUT2D eigenvalue weighted by molar-refractivity contribution is 6.10. The third kappa shape index (κ3) is 3.35. The molecule has 3 aromatic carbocycles. The fourth-order valence-corrected chi connectivity index (χ4v) is 5.08. The lowest BCUT2D eigenvalue weighted by Gasteiger charge is -2.17. The molecule has 1 heteroatoms. The van der Waals surface area contributed by atoms with Crippen LogP contribution in [0, 0.1) is 0 Å². The molecule has 3 aromatic rings. The molecule has 5 rings (SSSR count). The van der Waals surface area contributed by atoms with Crippen molar-refractivity contribution in [2.75, 3.05) is 0 Å². The van der Waals surface area contributed by atoms with Crippen molar-refractivity contribution in [3.8, 4) is 33.5 Å². The number of H-pyrrole nitrogens is 1. The second-order valence-corrected chi connectivity index (χ2v) is 8.36. The summed E-state index contributed by atoms with van der Waals surface area (Å²) in [7, 11) is 0. The van der Waals surface area contributed by atoms with Crippen LogP contribution in [0.25, 0.3) is 44.4 Å². The number of fused-ring (bicyclic) bond motifs is 3. The summed E-state index contributed by atoms with van der Waals surface area (Å²) >= 11 is 0. The Bertz CT molecular complexity index is 1280. The second kappa shape index (κ2) is 8.43. The average molecular weight is 404 g/mol. The maximum Gasteiger partial charge on any atom is 0.0541 e. The van der Waals surface area contributed by atoms with Crippen molar-refractivity contribution in [1.82, 2.24) is 4.98 Å². The predicted octanol–water partition coefficient (Wildman–Crippen LogP) is 8.51. The molecule has 154 valence electrons. The molecule has 2 aliphatic rings. The number of para-hydroxylation sites is 1. The molecule has 0 bridgehead atoms. The van der Waals surface area contributed by atoms with Crippen LogP contribution < -0.4 is 0 Å². The Morgan fingerprint density at radius 1 is 0.548 bits per heavy atom. The Hall–Kier alpha value is -3.32. The highest BCUT2D eigenvalue weighted by Crippen LogP contribution is 2.50. The molecule has 0 saturated carbocycles. The van der Waals surface area contributed by atoms with Crippen LogP contribution >= 0.6 is 0 Å². The highest BCUT2D eigenvalue weighted by atomic mass is 14.7. The lowest BCUT2D eigenvalue weighted by atomic mass is 9.92. The molecule has 0 fully saturated rings. The van der Waals surface area contributed by atoms with Crippen molar-refractivity contribution < 1.29 is 0 Å². The number of rotatable bonds is 6. The summed E-state index contributed by atoms with van der Waals surface area (Å²) in [6.07, 6.45) is 4.50. The molecule has 0 aromatic heterocycles. The van der Waals surface area contributed by atoms with E-state index >= 15 is 0 Å². The maximum atomic E-state index is 3.82. The summed E-state index contributed by atoms with van der Waals surface area (Å²) in [5.41, 5.74) is 12.3. The first kappa shape index (κ1) is 19.6. The number of aromatic amines is 1. The van der Waals surface area contributed by atoms with E-state index in [4.69, 9.17) is 0 Å². The van der Waals surface area contributed by atoms with E-state index in [1.807, 2.05) is 0 Å². The first-order valence-corrected chi connectivity index (χ1v) is 11.5. The van der Waals surface area contributed by atoms with E-state index in [9.17, 15) is 0 Å². The minimum absolute atomic E-state index is 1.10. The summed E-state index contributed by atoms with van der Waals surface area (Å²) < 4.78 is 0. The van der Waals surface area contributed by atoms with Crippen LogP contribution in [-0.4, -0.2) is 4.98 Å². The normalized spacial score (nSPS) is 11.4. The monoisotopic (exact) mass is 403 g/mol. The molecular formula is C30H29N. The van der Waals surface area contributed by atoms with Gasteiger partial charge in [-0.15, -0.1) is 0 Å². The number of nitrogens with one attached hydrogen (secondary N) is 1. The van der Waals surface area contributed by atoms with Gasteiger partial charge in [0.25, 0.3) is 0 Å². The fraction of sp³-hybridized carbons (Fsp3) is 0.200. The minimum atomic E-state index is 1.10. The van der Waals surface area contributed by atoms with Gasteiger partial charge in [-0.3, -0.25) is 0 Å². The number of pyridine rings is 1. The summed E-state index contributed by atoms with van der Waals surface area (Å²) in [5, 5.41) is 1.32. The van der Waals surface area contributed by atoms with Gasteiger partial charge in [0.2, 0.25) is 0 Å². The van der Waals surface area contributed by atoms with Gasteiger partial charge in [0.15, 0.2) is 0 Å². The van der Waals surface area contributed by atoms with Crippen molar-refractivity contribution in [1.29, 1.82) is 0 Å². The van der Waals surface area contributed by atoms with Crippen molar-refractivity contribution in [3.05, 3.63) is 96.1 Å². The molecule has 31 heavy (non-hydrogen) atoms. The van der Waals surface area contributed by atoms with Crippen LogP contribution in [-0.2, 0) is 12.8 Å². The Balaban J connectivity index is 1.98. The molecule has 0 amide bonds. The van der Waals surface area contributed by atoms with Crippen molar-refractivity contribution in [2.24, 2.45) is 0 Å². The van der Waals surface area contributed by atoms with Crippen LogP contribution in [0.2, 0.25) is 0 Å². The number of hydrogen-bond acceptors (Lipinski definition) is 0. The quantitative estimate of drug-likeness (QED) is 0.292. The maximum absolute atomic E-state index is 3.82. The van der Waals surface area contributed by atoms with Gasteiger partial charge < -0.3 is 4.98 Å². The van der Waals surface area contributed by atoms with E-state index in [-0.39, 0.29) is 0 Å². The molecule has 0 unspecified atom stereocenters. The van der Waals surface area contributed by atoms with Crippen LogP contribution in [0.5, 0.6) is 0 Å². The van der Waals surface area contributed by atoms with Crippen LogP contribution in [0.3, 0.4) is 0 Å². The van der Waals surface area contributed by atoms with Crippen molar-refractivity contribution in [2.45, 2.75) is 39.5 Å².